The first kappa shape index (κ1) is 13.6. The topological polar surface area (TPSA) is 43.3 Å². The number of aryl methyl sites for hydroxylation is 1. The fraction of sp³-hybridized carbons (Fsp3) is 0.615. The summed E-state index contributed by atoms with van der Waals surface area (Å²) >= 11 is 3.41. The van der Waals surface area contributed by atoms with Crippen LogP contribution < -0.4 is 5.32 Å². The molecule has 100 valence electrons. The molecule has 1 N–H and O–H groups in total. The van der Waals surface area contributed by atoms with Gasteiger partial charge in [-0.25, -0.2) is 0 Å². The number of nitrogens with zero attached hydrogens (tertiary/aromatic N) is 1. The molecule has 2 heterocycles. The van der Waals surface area contributed by atoms with E-state index in [0.717, 1.165) is 30.5 Å². The monoisotopic (exact) mass is 314 g/mol. The number of hydrogen-bond acceptors (Lipinski definition) is 2. The van der Waals surface area contributed by atoms with Gasteiger partial charge in [0.2, 0.25) is 0 Å². The Bertz CT molecular complexity index is 436. The van der Waals surface area contributed by atoms with E-state index in [1.807, 2.05) is 30.7 Å². The van der Waals surface area contributed by atoms with Crippen molar-refractivity contribution >= 4 is 21.8 Å². The highest BCUT2D eigenvalue weighted by molar-refractivity contribution is 9.10. The molecule has 1 unspecified atom stereocenters. The SMILES string of the molecule is CCn1cc(Br)cc1C(=O)NC1(C)CCCOC1. The lowest BCUT2D eigenvalue weighted by Gasteiger charge is -2.34. The summed E-state index contributed by atoms with van der Waals surface area (Å²) < 4.78 is 8.32. The maximum atomic E-state index is 12.3. The maximum absolute atomic E-state index is 12.3. The minimum atomic E-state index is -0.245. The van der Waals surface area contributed by atoms with Gasteiger partial charge in [0.15, 0.2) is 0 Å². The second-order valence-corrected chi connectivity index (χ2v) is 5.92. The van der Waals surface area contributed by atoms with E-state index in [0.29, 0.717) is 12.3 Å². The molecule has 0 spiro atoms. The molecule has 1 fully saturated rings. The van der Waals surface area contributed by atoms with Crippen molar-refractivity contribution in [2.24, 2.45) is 0 Å². The lowest BCUT2D eigenvalue weighted by atomic mass is 9.95. The third-order valence-electron chi connectivity index (χ3n) is 3.29. The van der Waals surface area contributed by atoms with Crippen LogP contribution in [0, 0.1) is 0 Å². The molecule has 0 radical (unpaired) electrons. The lowest BCUT2D eigenvalue weighted by Crippen LogP contribution is -2.51. The zero-order valence-electron chi connectivity index (χ0n) is 10.8. The quantitative estimate of drug-likeness (QED) is 0.931. The molecule has 0 aromatic carbocycles. The Labute approximate surface area is 116 Å². The first-order valence-electron chi connectivity index (χ1n) is 6.30. The second-order valence-electron chi connectivity index (χ2n) is 5.00. The highest BCUT2D eigenvalue weighted by Gasteiger charge is 2.30. The second kappa shape index (κ2) is 5.45. The molecule has 1 aromatic heterocycles. The van der Waals surface area contributed by atoms with Gasteiger partial charge in [0.05, 0.1) is 12.1 Å². The van der Waals surface area contributed by atoms with Crippen molar-refractivity contribution in [3.05, 3.63) is 22.4 Å². The third kappa shape index (κ3) is 2.95. The van der Waals surface area contributed by atoms with Crippen LogP contribution in [0.1, 0.15) is 37.2 Å². The predicted molar refractivity (Wildman–Crippen MR) is 73.7 cm³/mol. The van der Waals surface area contributed by atoms with Crippen LogP contribution in [0.25, 0.3) is 0 Å². The van der Waals surface area contributed by atoms with E-state index < -0.39 is 0 Å². The number of carbonyl (C=O) groups excluding carboxylic acids is 1. The van der Waals surface area contributed by atoms with Crippen LogP contribution in [-0.4, -0.2) is 29.2 Å². The molecule has 0 bridgehead atoms. The van der Waals surface area contributed by atoms with Gasteiger partial charge >= 0.3 is 0 Å². The Balaban J connectivity index is 2.11. The van der Waals surface area contributed by atoms with E-state index in [1.165, 1.54) is 0 Å². The summed E-state index contributed by atoms with van der Waals surface area (Å²) in [6.07, 6.45) is 3.89. The summed E-state index contributed by atoms with van der Waals surface area (Å²) in [5.74, 6) is -0.0319. The van der Waals surface area contributed by atoms with Crippen molar-refractivity contribution in [3.8, 4) is 0 Å². The van der Waals surface area contributed by atoms with E-state index >= 15 is 0 Å². The summed E-state index contributed by atoms with van der Waals surface area (Å²) in [7, 11) is 0. The summed E-state index contributed by atoms with van der Waals surface area (Å²) in [6, 6.07) is 1.85. The fourth-order valence-electron chi connectivity index (χ4n) is 2.30. The lowest BCUT2D eigenvalue weighted by molar-refractivity contribution is 0.0270. The minimum absolute atomic E-state index is 0.0319. The van der Waals surface area contributed by atoms with Crippen molar-refractivity contribution in [1.82, 2.24) is 9.88 Å². The zero-order valence-corrected chi connectivity index (χ0v) is 12.4. The van der Waals surface area contributed by atoms with Crippen LogP contribution in [0.2, 0.25) is 0 Å². The van der Waals surface area contributed by atoms with E-state index in [4.69, 9.17) is 4.74 Å². The molecule has 2 rings (SSSR count). The third-order valence-corrected chi connectivity index (χ3v) is 3.72. The highest BCUT2D eigenvalue weighted by atomic mass is 79.9. The van der Waals surface area contributed by atoms with Crippen molar-refractivity contribution < 1.29 is 9.53 Å². The number of hydrogen-bond donors (Lipinski definition) is 1. The number of amides is 1. The Morgan fingerprint density at radius 1 is 1.67 bits per heavy atom. The highest BCUT2D eigenvalue weighted by Crippen LogP contribution is 2.20. The van der Waals surface area contributed by atoms with Crippen LogP contribution in [0.3, 0.4) is 0 Å². The summed E-state index contributed by atoms with van der Waals surface area (Å²) in [5.41, 5.74) is 0.446. The Morgan fingerprint density at radius 3 is 3.06 bits per heavy atom. The predicted octanol–water partition coefficient (Wildman–Crippen LogP) is 2.57. The van der Waals surface area contributed by atoms with Crippen LogP contribution in [-0.2, 0) is 11.3 Å². The van der Waals surface area contributed by atoms with Gasteiger partial charge in [0.1, 0.15) is 5.69 Å². The van der Waals surface area contributed by atoms with Crippen molar-refractivity contribution in [2.45, 2.75) is 38.8 Å². The molecular formula is C13H19BrN2O2. The van der Waals surface area contributed by atoms with Gasteiger partial charge in [0.25, 0.3) is 5.91 Å². The molecule has 0 aliphatic carbocycles. The van der Waals surface area contributed by atoms with Crippen LogP contribution >= 0.6 is 15.9 Å². The van der Waals surface area contributed by atoms with E-state index in [1.54, 1.807) is 0 Å². The number of ether oxygens (including phenoxy) is 1. The van der Waals surface area contributed by atoms with Gasteiger partial charge in [-0.1, -0.05) is 0 Å². The van der Waals surface area contributed by atoms with E-state index in [9.17, 15) is 4.79 Å². The molecule has 1 aliphatic heterocycles. The molecular weight excluding hydrogens is 296 g/mol. The Morgan fingerprint density at radius 2 is 2.44 bits per heavy atom. The smallest absolute Gasteiger partial charge is 0.268 e. The summed E-state index contributed by atoms with van der Waals surface area (Å²) in [5, 5.41) is 3.09. The maximum Gasteiger partial charge on any atom is 0.268 e. The van der Waals surface area contributed by atoms with Crippen LogP contribution in [0.4, 0.5) is 0 Å². The van der Waals surface area contributed by atoms with Crippen molar-refractivity contribution in [1.29, 1.82) is 0 Å². The standard InChI is InChI=1S/C13H19BrN2O2/c1-3-16-8-10(14)7-11(16)12(17)15-13(2)5-4-6-18-9-13/h7-8H,3-6,9H2,1-2H3,(H,15,17). The van der Waals surface area contributed by atoms with Gasteiger partial charge in [-0.3, -0.25) is 4.79 Å². The Kier molecular flexibility index (Phi) is 4.12. The van der Waals surface area contributed by atoms with Gasteiger partial charge in [-0.05, 0) is 48.7 Å². The van der Waals surface area contributed by atoms with Crippen LogP contribution in [0.5, 0.6) is 0 Å². The summed E-state index contributed by atoms with van der Waals surface area (Å²) in [6.45, 7) is 6.23. The van der Waals surface area contributed by atoms with Gasteiger partial charge in [0, 0.05) is 23.8 Å². The number of nitrogens with one attached hydrogen (secondary N) is 1. The Hall–Kier alpha value is -0.810. The fourth-order valence-corrected chi connectivity index (χ4v) is 2.76. The number of carbonyl (C=O) groups is 1. The van der Waals surface area contributed by atoms with Crippen molar-refractivity contribution in [3.63, 3.8) is 0 Å². The van der Waals surface area contributed by atoms with E-state index in [2.05, 4.69) is 21.2 Å². The average Bonchev–Trinajstić information content (AvgIpc) is 2.71. The molecule has 1 saturated heterocycles. The van der Waals surface area contributed by atoms with Gasteiger partial charge < -0.3 is 14.6 Å². The number of halogens is 1. The zero-order chi connectivity index (χ0) is 13.2. The molecule has 1 amide bonds. The molecule has 1 aliphatic rings. The average molecular weight is 315 g/mol. The minimum Gasteiger partial charge on any atom is -0.379 e. The van der Waals surface area contributed by atoms with Gasteiger partial charge in [-0.2, -0.15) is 0 Å². The van der Waals surface area contributed by atoms with Gasteiger partial charge in [-0.15, -0.1) is 0 Å². The normalized spacial score (nSPS) is 23.9. The first-order chi connectivity index (χ1) is 8.54. The van der Waals surface area contributed by atoms with Crippen LogP contribution in [0.15, 0.2) is 16.7 Å². The molecule has 18 heavy (non-hydrogen) atoms. The molecule has 4 nitrogen and oxygen atoms in total. The number of aromatic nitrogens is 1. The summed E-state index contributed by atoms with van der Waals surface area (Å²) in [4.78, 5) is 12.3. The molecule has 5 heteroatoms. The largest absolute Gasteiger partial charge is 0.379 e. The van der Waals surface area contributed by atoms with E-state index in [-0.39, 0.29) is 11.4 Å². The molecule has 1 atom stereocenters. The van der Waals surface area contributed by atoms with Crippen molar-refractivity contribution in [2.75, 3.05) is 13.2 Å². The molecule has 1 aromatic rings. The first-order valence-corrected chi connectivity index (χ1v) is 7.09. The number of rotatable bonds is 3. The molecule has 0 saturated carbocycles.